The largest absolute Gasteiger partial charge is 0.338 e. The molecule has 1 rings (SSSR count). The van der Waals surface area contributed by atoms with E-state index in [4.69, 9.17) is 0 Å². The van der Waals surface area contributed by atoms with Crippen LogP contribution in [0.2, 0.25) is 0 Å². The van der Waals surface area contributed by atoms with E-state index in [1.807, 2.05) is 31.2 Å². The molecule has 0 aliphatic heterocycles. The van der Waals surface area contributed by atoms with Crippen molar-refractivity contribution in [2.75, 3.05) is 19.3 Å². The van der Waals surface area contributed by atoms with Gasteiger partial charge >= 0.3 is 0 Å². The normalized spacial score (nSPS) is 12.0. The molecule has 0 saturated carbocycles. The number of rotatable bonds is 8. The number of nitrogens with one attached hydrogen (secondary N) is 1. The average Bonchev–Trinajstić information content (AvgIpc) is 2.76. The van der Waals surface area contributed by atoms with Crippen LogP contribution in [-0.4, -0.2) is 33.6 Å². The molecule has 0 aliphatic carbocycles. The summed E-state index contributed by atoms with van der Waals surface area (Å²) in [5.41, 5.74) is 0. The molecule has 0 aromatic carbocycles. The second-order valence-electron chi connectivity index (χ2n) is 4.48. The molecule has 1 aromatic rings. The Morgan fingerprint density at radius 1 is 1.41 bits per heavy atom. The Kier molecular flexibility index (Phi) is 6.06. The number of hydrogen-bond acceptors (Lipinski definition) is 3. The maximum absolute atomic E-state index is 4.33. The molecule has 0 saturated heterocycles. The molecular formula is C13H25N3S. The van der Waals surface area contributed by atoms with Crippen molar-refractivity contribution < 1.29 is 0 Å². The zero-order valence-electron chi connectivity index (χ0n) is 11.5. The number of nitrogens with zero attached hydrogens (tertiary/aromatic N) is 2. The number of hydrogen-bond donors (Lipinski definition) is 1. The highest BCUT2D eigenvalue weighted by Crippen LogP contribution is 2.29. The van der Waals surface area contributed by atoms with Crippen molar-refractivity contribution in [1.82, 2.24) is 14.9 Å². The lowest BCUT2D eigenvalue weighted by Gasteiger charge is -2.30. The fraction of sp³-hybridized carbons (Fsp3) is 0.769. The van der Waals surface area contributed by atoms with Crippen LogP contribution in [-0.2, 0) is 13.5 Å². The topological polar surface area (TPSA) is 29.9 Å². The van der Waals surface area contributed by atoms with Crippen LogP contribution in [0.4, 0.5) is 0 Å². The van der Waals surface area contributed by atoms with Crippen molar-refractivity contribution in [1.29, 1.82) is 0 Å². The Morgan fingerprint density at radius 2 is 2.12 bits per heavy atom. The van der Waals surface area contributed by atoms with Gasteiger partial charge in [-0.1, -0.05) is 13.8 Å². The summed E-state index contributed by atoms with van der Waals surface area (Å²) in [6, 6.07) is 0. The van der Waals surface area contributed by atoms with Gasteiger partial charge < -0.3 is 9.88 Å². The van der Waals surface area contributed by atoms with Crippen molar-refractivity contribution in [2.24, 2.45) is 7.05 Å². The summed E-state index contributed by atoms with van der Waals surface area (Å²) in [6.45, 7) is 6.65. The van der Waals surface area contributed by atoms with E-state index in [1.165, 1.54) is 12.8 Å². The summed E-state index contributed by atoms with van der Waals surface area (Å²) >= 11 is 1.99. The van der Waals surface area contributed by atoms with E-state index in [1.54, 1.807) is 0 Å². The molecule has 17 heavy (non-hydrogen) atoms. The molecule has 0 atom stereocenters. The van der Waals surface area contributed by atoms with Crippen LogP contribution in [0.25, 0.3) is 0 Å². The van der Waals surface area contributed by atoms with Crippen LogP contribution in [0.3, 0.4) is 0 Å². The maximum atomic E-state index is 4.33. The second-order valence-corrected chi connectivity index (χ2v) is 5.75. The van der Waals surface area contributed by atoms with Gasteiger partial charge in [0.1, 0.15) is 5.82 Å². The lowest BCUT2D eigenvalue weighted by molar-refractivity contribution is 0.494. The Hall–Kier alpha value is -0.480. The lowest BCUT2D eigenvalue weighted by Crippen LogP contribution is -2.37. The SMILES string of the molecule is CCC(CC)(CNCCc1nccn1C)SC. The van der Waals surface area contributed by atoms with E-state index in [0.29, 0.717) is 4.75 Å². The van der Waals surface area contributed by atoms with E-state index in [9.17, 15) is 0 Å². The molecule has 1 aromatic heterocycles. The monoisotopic (exact) mass is 255 g/mol. The zero-order chi connectivity index (χ0) is 12.7. The van der Waals surface area contributed by atoms with E-state index in [2.05, 4.69) is 35.0 Å². The smallest absolute Gasteiger partial charge is 0.109 e. The van der Waals surface area contributed by atoms with Gasteiger partial charge in [0.15, 0.2) is 0 Å². The first-order valence-electron chi connectivity index (χ1n) is 6.39. The van der Waals surface area contributed by atoms with Crippen molar-refractivity contribution in [2.45, 2.75) is 37.9 Å². The minimum atomic E-state index is 0.404. The van der Waals surface area contributed by atoms with E-state index in [0.717, 1.165) is 25.3 Å². The summed E-state index contributed by atoms with van der Waals surface area (Å²) < 4.78 is 2.49. The van der Waals surface area contributed by atoms with Gasteiger partial charge in [0.05, 0.1) is 0 Å². The van der Waals surface area contributed by atoms with E-state index >= 15 is 0 Å². The Bertz CT molecular complexity index is 310. The second kappa shape index (κ2) is 7.07. The zero-order valence-corrected chi connectivity index (χ0v) is 12.3. The molecule has 0 fully saturated rings. The average molecular weight is 255 g/mol. The van der Waals surface area contributed by atoms with Gasteiger partial charge in [0, 0.05) is 43.7 Å². The number of aryl methyl sites for hydroxylation is 1. The van der Waals surface area contributed by atoms with Gasteiger partial charge in [-0.25, -0.2) is 4.98 Å². The maximum Gasteiger partial charge on any atom is 0.109 e. The fourth-order valence-corrected chi connectivity index (χ4v) is 2.84. The predicted octanol–water partition coefficient (Wildman–Crippen LogP) is 2.47. The summed E-state index contributed by atoms with van der Waals surface area (Å²) in [6.07, 6.45) is 9.52. The molecule has 4 heteroatoms. The molecule has 0 radical (unpaired) electrons. The molecule has 98 valence electrons. The van der Waals surface area contributed by atoms with Crippen molar-refractivity contribution >= 4 is 11.8 Å². The molecule has 0 amide bonds. The molecule has 0 spiro atoms. The third kappa shape index (κ3) is 4.03. The van der Waals surface area contributed by atoms with Crippen LogP contribution in [0, 0.1) is 0 Å². The number of thioether (sulfide) groups is 1. The van der Waals surface area contributed by atoms with E-state index < -0.39 is 0 Å². The Balaban J connectivity index is 2.30. The highest BCUT2D eigenvalue weighted by Gasteiger charge is 2.23. The summed E-state index contributed by atoms with van der Waals surface area (Å²) in [4.78, 5) is 4.33. The van der Waals surface area contributed by atoms with Gasteiger partial charge in [-0.3, -0.25) is 0 Å². The van der Waals surface area contributed by atoms with Crippen molar-refractivity contribution in [3.8, 4) is 0 Å². The summed E-state index contributed by atoms with van der Waals surface area (Å²) in [7, 11) is 2.05. The molecular weight excluding hydrogens is 230 g/mol. The quantitative estimate of drug-likeness (QED) is 0.724. The number of imidazole rings is 1. The molecule has 1 N–H and O–H groups in total. The standard InChI is InChI=1S/C13H25N3S/c1-5-13(6-2,17-4)11-14-8-7-12-15-9-10-16(12)3/h9-10,14H,5-8,11H2,1-4H3. The van der Waals surface area contributed by atoms with E-state index in [-0.39, 0.29) is 0 Å². The lowest BCUT2D eigenvalue weighted by atomic mass is 10.0. The van der Waals surface area contributed by atoms with Crippen LogP contribution in [0.5, 0.6) is 0 Å². The molecule has 1 heterocycles. The van der Waals surface area contributed by atoms with Gasteiger partial charge in [-0.2, -0.15) is 11.8 Å². The van der Waals surface area contributed by atoms with Crippen LogP contribution >= 0.6 is 11.8 Å². The number of aromatic nitrogens is 2. The summed E-state index contributed by atoms with van der Waals surface area (Å²) in [5, 5.41) is 3.57. The van der Waals surface area contributed by atoms with Crippen molar-refractivity contribution in [3.05, 3.63) is 18.2 Å². The first-order valence-corrected chi connectivity index (χ1v) is 7.62. The van der Waals surface area contributed by atoms with Crippen LogP contribution in [0.1, 0.15) is 32.5 Å². The van der Waals surface area contributed by atoms with Gasteiger partial charge in [0.25, 0.3) is 0 Å². The first kappa shape index (κ1) is 14.6. The summed E-state index contributed by atoms with van der Waals surface area (Å²) in [5.74, 6) is 1.15. The molecule has 0 aliphatic rings. The van der Waals surface area contributed by atoms with Crippen molar-refractivity contribution in [3.63, 3.8) is 0 Å². The van der Waals surface area contributed by atoms with Gasteiger partial charge in [-0.05, 0) is 19.1 Å². The van der Waals surface area contributed by atoms with Crippen LogP contribution in [0.15, 0.2) is 12.4 Å². The third-order valence-corrected chi connectivity index (χ3v) is 5.20. The first-order chi connectivity index (χ1) is 8.17. The minimum absolute atomic E-state index is 0.404. The highest BCUT2D eigenvalue weighted by molar-refractivity contribution is 8.00. The van der Waals surface area contributed by atoms with Gasteiger partial charge in [-0.15, -0.1) is 0 Å². The third-order valence-electron chi connectivity index (χ3n) is 3.62. The fourth-order valence-electron chi connectivity index (χ4n) is 2.01. The molecule has 0 unspecified atom stereocenters. The Morgan fingerprint density at radius 3 is 2.59 bits per heavy atom. The van der Waals surface area contributed by atoms with Gasteiger partial charge in [0.2, 0.25) is 0 Å². The predicted molar refractivity (Wildman–Crippen MR) is 76.6 cm³/mol. The minimum Gasteiger partial charge on any atom is -0.338 e. The molecule has 0 bridgehead atoms. The highest BCUT2D eigenvalue weighted by atomic mass is 32.2. The molecule has 3 nitrogen and oxygen atoms in total. The Labute approximate surface area is 109 Å². The van der Waals surface area contributed by atoms with Crippen LogP contribution < -0.4 is 5.32 Å².